The Labute approximate surface area is 122 Å². The summed E-state index contributed by atoms with van der Waals surface area (Å²) in [4.78, 5) is 12.3. The van der Waals surface area contributed by atoms with Crippen molar-refractivity contribution < 1.29 is 9.32 Å². The van der Waals surface area contributed by atoms with E-state index in [9.17, 15) is 4.79 Å². The van der Waals surface area contributed by atoms with Gasteiger partial charge in [0.25, 0.3) is 5.91 Å². The molecule has 0 spiro atoms. The molecular formula is C14H16ClN3O2. The Morgan fingerprint density at radius 3 is 2.85 bits per heavy atom. The third-order valence-electron chi connectivity index (χ3n) is 2.66. The van der Waals surface area contributed by atoms with Crippen LogP contribution in [-0.4, -0.2) is 17.6 Å². The molecule has 0 unspecified atom stereocenters. The topological polar surface area (TPSA) is 67.2 Å². The first-order valence-electron chi connectivity index (χ1n) is 6.38. The van der Waals surface area contributed by atoms with Gasteiger partial charge in [-0.1, -0.05) is 23.7 Å². The number of amides is 1. The average Bonchev–Trinajstić information content (AvgIpc) is 2.82. The van der Waals surface area contributed by atoms with Gasteiger partial charge in [-0.15, -0.1) is 0 Å². The lowest BCUT2D eigenvalue weighted by Crippen LogP contribution is -2.15. The molecule has 0 atom stereocenters. The highest BCUT2D eigenvalue weighted by Gasteiger charge is 2.14. The van der Waals surface area contributed by atoms with Crippen LogP contribution in [0.2, 0.25) is 5.02 Å². The summed E-state index contributed by atoms with van der Waals surface area (Å²) >= 11 is 5.96. The number of rotatable bonds is 5. The molecule has 1 aromatic heterocycles. The molecule has 0 bridgehead atoms. The second-order valence-electron chi connectivity index (χ2n) is 4.39. The van der Waals surface area contributed by atoms with Gasteiger partial charge in [0.2, 0.25) is 0 Å². The minimum Gasteiger partial charge on any atom is -0.384 e. The normalized spacial score (nSPS) is 10.3. The molecule has 106 valence electrons. The number of nitrogens with one attached hydrogen (secondary N) is 2. The van der Waals surface area contributed by atoms with Crippen LogP contribution in [0.3, 0.4) is 0 Å². The number of hydrogen-bond donors (Lipinski definition) is 2. The van der Waals surface area contributed by atoms with Crippen molar-refractivity contribution in [3.63, 3.8) is 0 Å². The zero-order valence-corrected chi connectivity index (χ0v) is 12.1. The molecule has 0 fully saturated rings. The van der Waals surface area contributed by atoms with Crippen LogP contribution in [0.4, 0.5) is 11.5 Å². The van der Waals surface area contributed by atoms with Crippen LogP contribution in [-0.2, 0) is 0 Å². The number of anilines is 2. The maximum atomic E-state index is 12.3. The van der Waals surface area contributed by atoms with Crippen LogP contribution in [0.5, 0.6) is 0 Å². The van der Waals surface area contributed by atoms with Gasteiger partial charge in [0.15, 0.2) is 5.82 Å². The highest BCUT2D eigenvalue weighted by Crippen LogP contribution is 2.22. The molecule has 1 aromatic carbocycles. The zero-order chi connectivity index (χ0) is 14.5. The first-order chi connectivity index (χ1) is 9.60. The number of aryl methyl sites for hydroxylation is 1. The van der Waals surface area contributed by atoms with E-state index in [1.54, 1.807) is 31.2 Å². The summed E-state index contributed by atoms with van der Waals surface area (Å²) in [6.45, 7) is 4.60. The van der Waals surface area contributed by atoms with E-state index < -0.39 is 0 Å². The van der Waals surface area contributed by atoms with Gasteiger partial charge in [-0.25, -0.2) is 0 Å². The SMILES string of the molecule is CCCNc1ccc(Cl)cc1C(=O)Nc1cc(C)on1. The largest absolute Gasteiger partial charge is 0.384 e. The summed E-state index contributed by atoms with van der Waals surface area (Å²) in [5.41, 5.74) is 1.22. The van der Waals surface area contributed by atoms with E-state index in [1.807, 2.05) is 0 Å². The fourth-order valence-corrected chi connectivity index (χ4v) is 1.90. The van der Waals surface area contributed by atoms with E-state index in [0.717, 1.165) is 18.7 Å². The fourth-order valence-electron chi connectivity index (χ4n) is 1.73. The van der Waals surface area contributed by atoms with Crippen molar-refractivity contribution in [1.82, 2.24) is 5.16 Å². The molecule has 0 aliphatic heterocycles. The Morgan fingerprint density at radius 2 is 2.20 bits per heavy atom. The molecule has 20 heavy (non-hydrogen) atoms. The number of halogens is 1. The number of aromatic nitrogens is 1. The number of carbonyl (C=O) groups excluding carboxylic acids is 1. The molecule has 0 aliphatic carbocycles. The number of hydrogen-bond acceptors (Lipinski definition) is 4. The number of nitrogens with zero attached hydrogens (tertiary/aromatic N) is 1. The fraction of sp³-hybridized carbons (Fsp3) is 0.286. The van der Waals surface area contributed by atoms with Crippen molar-refractivity contribution in [2.45, 2.75) is 20.3 Å². The predicted octanol–water partition coefficient (Wildman–Crippen LogP) is 3.71. The monoisotopic (exact) mass is 293 g/mol. The Morgan fingerprint density at radius 1 is 1.40 bits per heavy atom. The van der Waals surface area contributed by atoms with Gasteiger partial charge in [0.05, 0.1) is 5.56 Å². The van der Waals surface area contributed by atoms with Crippen molar-refractivity contribution >= 4 is 29.0 Å². The molecule has 0 saturated heterocycles. The molecule has 6 heteroatoms. The lowest BCUT2D eigenvalue weighted by Gasteiger charge is -2.11. The molecule has 5 nitrogen and oxygen atoms in total. The summed E-state index contributed by atoms with van der Waals surface area (Å²) in [5, 5.41) is 10.1. The first kappa shape index (κ1) is 14.4. The second-order valence-corrected chi connectivity index (χ2v) is 4.83. The van der Waals surface area contributed by atoms with E-state index in [2.05, 4.69) is 22.7 Å². The van der Waals surface area contributed by atoms with Gasteiger partial charge in [-0.2, -0.15) is 0 Å². The quantitative estimate of drug-likeness (QED) is 0.882. The average molecular weight is 294 g/mol. The van der Waals surface area contributed by atoms with Crippen LogP contribution in [0.25, 0.3) is 0 Å². The van der Waals surface area contributed by atoms with Gasteiger partial charge < -0.3 is 15.2 Å². The highest BCUT2D eigenvalue weighted by molar-refractivity contribution is 6.31. The molecule has 0 radical (unpaired) electrons. The Balaban J connectivity index is 2.21. The van der Waals surface area contributed by atoms with Crippen molar-refractivity contribution in [3.8, 4) is 0 Å². The maximum Gasteiger partial charge on any atom is 0.259 e. The van der Waals surface area contributed by atoms with Crippen molar-refractivity contribution in [2.24, 2.45) is 0 Å². The lowest BCUT2D eigenvalue weighted by molar-refractivity contribution is 0.102. The Bertz CT molecular complexity index is 610. The summed E-state index contributed by atoms with van der Waals surface area (Å²) in [7, 11) is 0. The van der Waals surface area contributed by atoms with Crippen LogP contribution >= 0.6 is 11.6 Å². The molecule has 0 saturated carbocycles. The third-order valence-corrected chi connectivity index (χ3v) is 2.90. The van der Waals surface area contributed by atoms with Crippen LogP contribution in [0, 0.1) is 6.92 Å². The number of carbonyl (C=O) groups is 1. The van der Waals surface area contributed by atoms with E-state index in [4.69, 9.17) is 16.1 Å². The van der Waals surface area contributed by atoms with E-state index >= 15 is 0 Å². The predicted molar refractivity (Wildman–Crippen MR) is 79.4 cm³/mol. The van der Waals surface area contributed by atoms with E-state index in [1.165, 1.54) is 0 Å². The van der Waals surface area contributed by atoms with Crippen molar-refractivity contribution in [1.29, 1.82) is 0 Å². The molecule has 2 aromatic rings. The summed E-state index contributed by atoms with van der Waals surface area (Å²) in [5.74, 6) is 0.740. The van der Waals surface area contributed by atoms with Crippen LogP contribution in [0.1, 0.15) is 29.5 Å². The van der Waals surface area contributed by atoms with Gasteiger partial charge in [-0.05, 0) is 31.5 Å². The molecule has 2 N–H and O–H groups in total. The van der Waals surface area contributed by atoms with E-state index in [-0.39, 0.29) is 5.91 Å². The van der Waals surface area contributed by atoms with Gasteiger partial charge >= 0.3 is 0 Å². The van der Waals surface area contributed by atoms with Crippen LogP contribution in [0.15, 0.2) is 28.8 Å². The summed E-state index contributed by atoms with van der Waals surface area (Å²) in [6.07, 6.45) is 0.964. The molecule has 0 aliphatic rings. The van der Waals surface area contributed by atoms with Crippen molar-refractivity contribution in [2.75, 3.05) is 17.2 Å². The van der Waals surface area contributed by atoms with Crippen LogP contribution < -0.4 is 10.6 Å². The Hall–Kier alpha value is -2.01. The Kier molecular flexibility index (Phi) is 4.63. The minimum atomic E-state index is -0.278. The molecule has 1 amide bonds. The lowest BCUT2D eigenvalue weighted by atomic mass is 10.1. The number of benzene rings is 1. The minimum absolute atomic E-state index is 0.278. The van der Waals surface area contributed by atoms with Gasteiger partial charge in [-0.3, -0.25) is 4.79 Å². The highest BCUT2D eigenvalue weighted by atomic mass is 35.5. The maximum absolute atomic E-state index is 12.3. The van der Waals surface area contributed by atoms with E-state index in [0.29, 0.717) is 22.2 Å². The molecule has 1 heterocycles. The molecular weight excluding hydrogens is 278 g/mol. The van der Waals surface area contributed by atoms with Crippen molar-refractivity contribution in [3.05, 3.63) is 40.6 Å². The summed E-state index contributed by atoms with van der Waals surface area (Å²) in [6, 6.07) is 6.82. The summed E-state index contributed by atoms with van der Waals surface area (Å²) < 4.78 is 4.91. The third kappa shape index (κ3) is 3.51. The smallest absolute Gasteiger partial charge is 0.259 e. The van der Waals surface area contributed by atoms with Gasteiger partial charge in [0.1, 0.15) is 5.76 Å². The second kappa shape index (κ2) is 6.43. The molecule has 2 rings (SSSR count). The van der Waals surface area contributed by atoms with Gasteiger partial charge in [0, 0.05) is 23.3 Å². The standard InChI is InChI=1S/C14H16ClN3O2/c1-3-6-16-12-5-4-10(15)8-11(12)14(19)17-13-7-9(2)20-18-13/h4-5,7-8,16H,3,6H2,1-2H3,(H,17,18,19). The first-order valence-corrected chi connectivity index (χ1v) is 6.76. The zero-order valence-electron chi connectivity index (χ0n) is 11.4.